The summed E-state index contributed by atoms with van der Waals surface area (Å²) < 4.78 is 0. The predicted molar refractivity (Wildman–Crippen MR) is 151 cm³/mol. The zero-order valence-electron chi connectivity index (χ0n) is 21.0. The fourth-order valence-electron chi connectivity index (χ4n) is 4.27. The number of hydrogen-bond acceptors (Lipinski definition) is 7. The summed E-state index contributed by atoms with van der Waals surface area (Å²) in [7, 11) is 7.12. The van der Waals surface area contributed by atoms with Crippen molar-refractivity contribution in [1.82, 2.24) is 21.0 Å². The van der Waals surface area contributed by atoms with Gasteiger partial charge >= 0.3 is 0 Å². The van der Waals surface area contributed by atoms with Gasteiger partial charge in [-0.1, -0.05) is 56.1 Å². The van der Waals surface area contributed by atoms with E-state index in [-0.39, 0.29) is 5.41 Å². The molecule has 1 atom stereocenters. The van der Waals surface area contributed by atoms with Crippen LogP contribution in [0, 0.1) is 16.7 Å². The fraction of sp³-hybridized carbons (Fsp3) is 0.333. The van der Waals surface area contributed by atoms with Crippen molar-refractivity contribution < 1.29 is 0 Å². The monoisotopic (exact) mass is 531 g/mol. The van der Waals surface area contributed by atoms with Crippen LogP contribution in [0.4, 0.5) is 11.4 Å². The normalized spacial score (nSPS) is 17.1. The highest BCUT2D eigenvalue weighted by molar-refractivity contribution is 6.36. The van der Waals surface area contributed by atoms with Gasteiger partial charge in [0.05, 0.1) is 32.9 Å². The molecule has 1 unspecified atom stereocenters. The predicted octanol–water partition coefficient (Wildman–Crippen LogP) is 5.63. The molecular weight excluding hydrogens is 504 g/mol. The maximum absolute atomic E-state index is 9.78. The van der Waals surface area contributed by atoms with Gasteiger partial charge in [-0.05, 0) is 48.1 Å². The molecule has 1 aliphatic carbocycles. The zero-order chi connectivity index (χ0) is 26.4. The van der Waals surface area contributed by atoms with Gasteiger partial charge in [-0.3, -0.25) is 9.99 Å². The van der Waals surface area contributed by atoms with E-state index in [0.29, 0.717) is 45.1 Å². The highest BCUT2D eigenvalue weighted by Gasteiger charge is 2.37. The third-order valence-electron chi connectivity index (χ3n) is 6.43. The van der Waals surface area contributed by atoms with Gasteiger partial charge in [0, 0.05) is 41.1 Å². The van der Waals surface area contributed by atoms with Gasteiger partial charge in [0.25, 0.3) is 0 Å². The van der Waals surface area contributed by atoms with Crippen molar-refractivity contribution in [3.63, 3.8) is 0 Å². The number of benzene rings is 2. The molecular formula is C27H28BCl2N7. The number of halogens is 2. The Bertz CT molecular complexity index is 1410. The molecule has 7 nitrogen and oxygen atoms in total. The first-order chi connectivity index (χ1) is 17.6. The molecule has 37 heavy (non-hydrogen) atoms. The summed E-state index contributed by atoms with van der Waals surface area (Å²) in [6.07, 6.45) is 5.80. The van der Waals surface area contributed by atoms with E-state index in [1.54, 1.807) is 12.3 Å². The van der Waals surface area contributed by atoms with Crippen LogP contribution >= 0.6 is 23.2 Å². The van der Waals surface area contributed by atoms with Gasteiger partial charge in [0.1, 0.15) is 13.9 Å². The van der Waals surface area contributed by atoms with Crippen molar-refractivity contribution in [2.75, 3.05) is 17.2 Å². The quantitative estimate of drug-likeness (QED) is 0.294. The second-order valence-corrected chi connectivity index (χ2v) is 11.6. The minimum Gasteiger partial charge on any atom is -0.383 e. The summed E-state index contributed by atoms with van der Waals surface area (Å²) in [4.78, 5) is 4.47. The Morgan fingerprint density at radius 3 is 2.57 bits per heavy atom. The molecule has 2 aliphatic rings. The Balaban J connectivity index is 1.60. The maximum atomic E-state index is 9.78. The summed E-state index contributed by atoms with van der Waals surface area (Å²) in [5.74, 6) is 0. The standard InChI is InChI=1S/C27H28BCl2N7/c1-26(2,3)15-33-24-16(12-31)13-32-25-21(24)10-19(11-22(25)30)34-27(28,17-4-6-18(29)7-5-17)23-14-37(36-35-23)20-8-9-20/h4-7,10-11,13-14,20,34-36H,8-9,15H2,1-3H3,(H,32,33). The highest BCUT2D eigenvalue weighted by Crippen LogP contribution is 2.38. The molecule has 0 saturated heterocycles. The molecule has 4 N–H and O–H groups in total. The Kier molecular flexibility index (Phi) is 6.65. The first-order valence-corrected chi connectivity index (χ1v) is 12.9. The van der Waals surface area contributed by atoms with E-state index in [4.69, 9.17) is 31.0 Å². The Labute approximate surface area is 228 Å². The highest BCUT2D eigenvalue weighted by atomic mass is 35.5. The van der Waals surface area contributed by atoms with Crippen LogP contribution < -0.4 is 21.6 Å². The first-order valence-electron chi connectivity index (χ1n) is 12.2. The van der Waals surface area contributed by atoms with Crippen LogP contribution in [-0.4, -0.2) is 30.4 Å². The lowest BCUT2D eigenvalue weighted by atomic mass is 9.69. The number of pyridine rings is 1. The van der Waals surface area contributed by atoms with Crippen molar-refractivity contribution >= 4 is 53.3 Å². The summed E-state index contributed by atoms with van der Waals surface area (Å²) >= 11 is 12.9. The number of nitrogens with one attached hydrogen (secondary N) is 4. The van der Waals surface area contributed by atoms with Gasteiger partial charge in [0.2, 0.25) is 0 Å². The lowest BCUT2D eigenvalue weighted by molar-refractivity contribution is 0.260. The number of hydrogen-bond donors (Lipinski definition) is 4. The Morgan fingerprint density at radius 1 is 1.19 bits per heavy atom. The molecule has 1 fully saturated rings. The molecule has 0 spiro atoms. The third-order valence-corrected chi connectivity index (χ3v) is 6.97. The van der Waals surface area contributed by atoms with E-state index in [0.717, 1.165) is 29.5 Å². The second kappa shape index (κ2) is 9.64. The number of aromatic nitrogens is 1. The van der Waals surface area contributed by atoms with Crippen LogP contribution in [0.1, 0.15) is 44.7 Å². The van der Waals surface area contributed by atoms with E-state index < -0.39 is 5.44 Å². The van der Waals surface area contributed by atoms with E-state index in [1.807, 2.05) is 41.5 Å². The fourth-order valence-corrected chi connectivity index (χ4v) is 4.67. The van der Waals surface area contributed by atoms with Crippen LogP contribution in [0.2, 0.25) is 10.0 Å². The molecule has 5 rings (SSSR count). The second-order valence-electron chi connectivity index (χ2n) is 10.8. The molecule has 1 saturated carbocycles. The van der Waals surface area contributed by atoms with Gasteiger partial charge in [-0.15, -0.1) is 5.53 Å². The van der Waals surface area contributed by atoms with Gasteiger partial charge in [-0.25, -0.2) is 0 Å². The number of fused-ring (bicyclic) bond motifs is 1. The topological polar surface area (TPSA) is 88.0 Å². The lowest BCUT2D eigenvalue weighted by Gasteiger charge is -2.34. The number of nitriles is 1. The van der Waals surface area contributed by atoms with E-state index in [1.165, 1.54) is 0 Å². The molecule has 1 aliphatic heterocycles. The van der Waals surface area contributed by atoms with Gasteiger partial charge in [-0.2, -0.15) is 5.26 Å². The third kappa shape index (κ3) is 5.31. The molecule has 0 amide bonds. The number of hydrazine groups is 2. The van der Waals surface area contributed by atoms with Crippen LogP contribution in [0.15, 0.2) is 54.5 Å². The zero-order valence-corrected chi connectivity index (χ0v) is 22.5. The number of anilines is 2. The lowest BCUT2D eigenvalue weighted by Crippen LogP contribution is -2.45. The van der Waals surface area contributed by atoms with Gasteiger partial charge < -0.3 is 16.1 Å². The summed E-state index contributed by atoms with van der Waals surface area (Å²) in [6.45, 7) is 7.06. The van der Waals surface area contributed by atoms with Crippen molar-refractivity contribution in [1.29, 1.82) is 5.26 Å². The van der Waals surface area contributed by atoms with Crippen LogP contribution in [0.25, 0.3) is 10.9 Å². The van der Waals surface area contributed by atoms with Crippen molar-refractivity contribution in [3.05, 3.63) is 75.7 Å². The first kappa shape index (κ1) is 25.5. The maximum Gasteiger partial charge on any atom is 0.119 e. The SMILES string of the molecule is [B]C(Nc1cc(Cl)c2ncc(C#N)c(NCC(C)(C)C)c2c1)(C1=CN(C2CC2)NN1)c1ccc(Cl)cc1. The molecule has 2 aromatic carbocycles. The van der Waals surface area contributed by atoms with Gasteiger partial charge in [0.15, 0.2) is 0 Å². The molecule has 2 radical (unpaired) electrons. The number of nitrogens with zero attached hydrogens (tertiary/aromatic N) is 3. The van der Waals surface area contributed by atoms with Crippen LogP contribution in [0.5, 0.6) is 0 Å². The minimum absolute atomic E-state index is 0.00399. The molecule has 3 aromatic rings. The van der Waals surface area contributed by atoms with E-state index >= 15 is 0 Å². The Hall–Kier alpha value is -3.12. The molecule has 1 aromatic heterocycles. The minimum atomic E-state index is -1.14. The van der Waals surface area contributed by atoms with E-state index in [9.17, 15) is 5.26 Å². The molecule has 188 valence electrons. The molecule has 2 heterocycles. The molecule has 10 heteroatoms. The van der Waals surface area contributed by atoms with Crippen molar-refractivity contribution in [3.8, 4) is 6.07 Å². The summed E-state index contributed by atoms with van der Waals surface area (Å²) in [5.41, 5.74) is 9.28. The van der Waals surface area contributed by atoms with Crippen molar-refractivity contribution in [2.45, 2.75) is 45.1 Å². The average molecular weight is 532 g/mol. The van der Waals surface area contributed by atoms with Crippen molar-refractivity contribution in [2.24, 2.45) is 5.41 Å². The molecule has 0 bridgehead atoms. The summed E-state index contributed by atoms with van der Waals surface area (Å²) in [6, 6.07) is 13.8. The summed E-state index contributed by atoms with van der Waals surface area (Å²) in [5, 5.41) is 20.6. The smallest absolute Gasteiger partial charge is 0.119 e. The number of rotatable bonds is 7. The largest absolute Gasteiger partial charge is 0.383 e. The average Bonchev–Trinajstić information content (AvgIpc) is 3.58. The Morgan fingerprint density at radius 2 is 1.92 bits per heavy atom. The van der Waals surface area contributed by atoms with Crippen LogP contribution in [-0.2, 0) is 5.44 Å². The van der Waals surface area contributed by atoms with Crippen LogP contribution in [0.3, 0.4) is 0 Å². The van der Waals surface area contributed by atoms with E-state index in [2.05, 4.69) is 53.4 Å².